The number of rotatable bonds is 8. The Morgan fingerprint density at radius 2 is 1.48 bits per heavy atom. The lowest BCUT2D eigenvalue weighted by atomic mass is 10.1. The van der Waals surface area contributed by atoms with E-state index >= 15 is 0 Å². The van der Waals surface area contributed by atoms with E-state index in [0.29, 0.717) is 24.4 Å². The number of hydrogen-bond acceptors (Lipinski definition) is 4. The fraction of sp³-hybridized carbons (Fsp3) is 0.208. The van der Waals surface area contributed by atoms with Crippen LogP contribution in [0, 0.1) is 0 Å². The number of carbonyl (C=O) groups is 1. The normalized spacial score (nSPS) is 11.1. The Balaban J connectivity index is 1.69. The lowest BCUT2D eigenvalue weighted by Gasteiger charge is -2.21. The zero-order chi connectivity index (χ0) is 22.4. The Morgan fingerprint density at radius 3 is 2.06 bits per heavy atom. The van der Waals surface area contributed by atoms with Crippen LogP contribution in [0.15, 0.2) is 83.8 Å². The van der Waals surface area contributed by atoms with Gasteiger partial charge in [-0.2, -0.15) is 0 Å². The predicted octanol–water partition coefficient (Wildman–Crippen LogP) is 4.18. The van der Waals surface area contributed by atoms with Gasteiger partial charge in [-0.15, -0.1) is 0 Å². The fourth-order valence-corrected chi connectivity index (χ4v) is 4.34. The smallest absolute Gasteiger partial charge is 0.264 e. The molecule has 0 N–H and O–H groups in total. The summed E-state index contributed by atoms with van der Waals surface area (Å²) in [6, 6.07) is 22.4. The Morgan fingerprint density at radius 1 is 0.871 bits per heavy atom. The summed E-state index contributed by atoms with van der Waals surface area (Å²) in [5, 5.41) is 0. The summed E-state index contributed by atoms with van der Waals surface area (Å²) in [5.74, 6) is 0.652. The molecule has 0 aliphatic rings. The van der Waals surface area contributed by atoms with Crippen LogP contribution in [0.2, 0.25) is 0 Å². The summed E-state index contributed by atoms with van der Waals surface area (Å²) in [6.07, 6.45) is 0. The molecule has 0 radical (unpaired) electrons. The molecule has 31 heavy (non-hydrogen) atoms. The third-order valence-corrected chi connectivity index (χ3v) is 6.68. The predicted molar refractivity (Wildman–Crippen MR) is 122 cm³/mol. The van der Waals surface area contributed by atoms with E-state index in [2.05, 4.69) is 0 Å². The van der Waals surface area contributed by atoms with Gasteiger partial charge in [0.1, 0.15) is 5.75 Å². The summed E-state index contributed by atoms with van der Waals surface area (Å²) < 4.78 is 32.2. The van der Waals surface area contributed by atoms with E-state index in [1.54, 1.807) is 66.5 Å². The van der Waals surface area contributed by atoms with Gasteiger partial charge in [-0.05, 0) is 61.0 Å². The second kappa shape index (κ2) is 9.66. The van der Waals surface area contributed by atoms with Crippen LogP contribution in [-0.4, -0.2) is 39.9 Å². The molecule has 3 aromatic rings. The molecule has 6 nitrogen and oxygen atoms in total. The van der Waals surface area contributed by atoms with Crippen molar-refractivity contribution in [2.45, 2.75) is 18.4 Å². The van der Waals surface area contributed by atoms with Gasteiger partial charge in [-0.25, -0.2) is 8.42 Å². The maximum Gasteiger partial charge on any atom is 0.264 e. The van der Waals surface area contributed by atoms with Crippen LogP contribution in [0.3, 0.4) is 0 Å². The van der Waals surface area contributed by atoms with Crippen molar-refractivity contribution >= 4 is 21.6 Å². The lowest BCUT2D eigenvalue weighted by Crippen LogP contribution is -2.27. The molecule has 0 saturated heterocycles. The SMILES string of the molecule is CCOc1ccc(CN(C)C(=O)c2ccc(N(C)S(=O)(=O)c3ccccc3)cc2)cc1. The van der Waals surface area contributed by atoms with Gasteiger partial charge in [0.2, 0.25) is 0 Å². The minimum absolute atomic E-state index is 0.144. The molecule has 0 atom stereocenters. The molecule has 0 spiro atoms. The minimum Gasteiger partial charge on any atom is -0.494 e. The topological polar surface area (TPSA) is 66.9 Å². The number of sulfonamides is 1. The second-order valence-electron chi connectivity index (χ2n) is 7.07. The standard InChI is InChI=1S/C24H26N2O4S/c1-4-30-22-16-10-19(11-17-22)18-25(2)24(27)20-12-14-21(15-13-20)26(3)31(28,29)23-8-6-5-7-9-23/h5-17H,4,18H2,1-3H3. The molecule has 3 aromatic carbocycles. The Hall–Kier alpha value is -3.32. The molecule has 1 amide bonds. The first-order chi connectivity index (χ1) is 14.8. The first-order valence-electron chi connectivity index (χ1n) is 9.94. The highest BCUT2D eigenvalue weighted by molar-refractivity contribution is 7.92. The van der Waals surface area contributed by atoms with E-state index in [1.807, 2.05) is 31.2 Å². The third-order valence-electron chi connectivity index (χ3n) is 4.88. The summed E-state index contributed by atoms with van der Waals surface area (Å²) in [7, 11) is -0.430. The molecule has 0 aliphatic carbocycles. The van der Waals surface area contributed by atoms with Gasteiger partial charge in [-0.1, -0.05) is 30.3 Å². The van der Waals surface area contributed by atoms with E-state index in [9.17, 15) is 13.2 Å². The maximum absolute atomic E-state index is 12.8. The van der Waals surface area contributed by atoms with Gasteiger partial charge in [0.25, 0.3) is 15.9 Å². The number of anilines is 1. The maximum atomic E-state index is 12.8. The molecule has 0 bridgehead atoms. The molecule has 0 aromatic heterocycles. The Bertz CT molecular complexity index is 1110. The van der Waals surface area contributed by atoms with Crippen LogP contribution in [0.5, 0.6) is 5.75 Å². The molecule has 3 rings (SSSR count). The van der Waals surface area contributed by atoms with E-state index in [0.717, 1.165) is 11.3 Å². The first-order valence-corrected chi connectivity index (χ1v) is 11.4. The molecule has 0 saturated carbocycles. The molecular formula is C24H26N2O4S. The zero-order valence-corrected chi connectivity index (χ0v) is 18.7. The van der Waals surface area contributed by atoms with Crippen molar-refractivity contribution in [1.82, 2.24) is 4.90 Å². The lowest BCUT2D eigenvalue weighted by molar-refractivity contribution is 0.0785. The summed E-state index contributed by atoms with van der Waals surface area (Å²) in [5.41, 5.74) is 1.96. The summed E-state index contributed by atoms with van der Waals surface area (Å²) >= 11 is 0. The van der Waals surface area contributed by atoms with Gasteiger partial charge in [0, 0.05) is 26.2 Å². The average molecular weight is 439 g/mol. The van der Waals surface area contributed by atoms with Crippen molar-refractivity contribution in [2.75, 3.05) is 25.0 Å². The molecule has 7 heteroatoms. The highest BCUT2D eigenvalue weighted by Crippen LogP contribution is 2.23. The minimum atomic E-state index is -3.66. The van der Waals surface area contributed by atoms with Gasteiger partial charge < -0.3 is 9.64 Å². The van der Waals surface area contributed by atoms with Crippen LogP contribution in [0.4, 0.5) is 5.69 Å². The van der Waals surface area contributed by atoms with Gasteiger partial charge >= 0.3 is 0 Å². The molecule has 0 heterocycles. The van der Waals surface area contributed by atoms with E-state index < -0.39 is 10.0 Å². The number of hydrogen-bond donors (Lipinski definition) is 0. The van der Waals surface area contributed by atoms with Crippen LogP contribution >= 0.6 is 0 Å². The number of amides is 1. The highest BCUT2D eigenvalue weighted by Gasteiger charge is 2.21. The molecule has 0 unspecified atom stereocenters. The third kappa shape index (κ3) is 5.24. The van der Waals surface area contributed by atoms with Gasteiger partial charge in [0.05, 0.1) is 17.2 Å². The van der Waals surface area contributed by atoms with Crippen molar-refractivity contribution in [3.63, 3.8) is 0 Å². The number of benzene rings is 3. The average Bonchev–Trinajstić information content (AvgIpc) is 2.80. The van der Waals surface area contributed by atoms with Crippen molar-refractivity contribution in [1.29, 1.82) is 0 Å². The van der Waals surface area contributed by atoms with Crippen LogP contribution in [0.1, 0.15) is 22.8 Å². The molecular weight excluding hydrogens is 412 g/mol. The monoisotopic (exact) mass is 438 g/mol. The van der Waals surface area contributed by atoms with Gasteiger partial charge in [-0.3, -0.25) is 9.10 Å². The molecule has 0 fully saturated rings. The summed E-state index contributed by atoms with van der Waals surface area (Å²) in [4.78, 5) is 14.6. The first kappa shape index (κ1) is 22.4. The zero-order valence-electron chi connectivity index (χ0n) is 17.9. The number of ether oxygens (including phenoxy) is 1. The largest absolute Gasteiger partial charge is 0.494 e. The van der Waals surface area contributed by atoms with Crippen LogP contribution in [-0.2, 0) is 16.6 Å². The van der Waals surface area contributed by atoms with Gasteiger partial charge in [0.15, 0.2) is 0 Å². The molecule has 0 aliphatic heterocycles. The van der Waals surface area contributed by atoms with Crippen molar-refractivity contribution in [3.05, 3.63) is 90.0 Å². The van der Waals surface area contributed by atoms with Crippen LogP contribution in [0.25, 0.3) is 0 Å². The van der Waals surface area contributed by atoms with Crippen molar-refractivity contribution < 1.29 is 17.9 Å². The molecule has 162 valence electrons. The van der Waals surface area contributed by atoms with Crippen LogP contribution < -0.4 is 9.04 Å². The van der Waals surface area contributed by atoms with E-state index in [1.165, 1.54) is 11.4 Å². The Labute approximate surface area is 183 Å². The van der Waals surface area contributed by atoms with Crippen molar-refractivity contribution in [2.24, 2.45) is 0 Å². The highest BCUT2D eigenvalue weighted by atomic mass is 32.2. The fourth-order valence-electron chi connectivity index (χ4n) is 3.13. The van der Waals surface area contributed by atoms with Crippen molar-refractivity contribution in [3.8, 4) is 5.75 Å². The number of carbonyl (C=O) groups excluding carboxylic acids is 1. The summed E-state index contributed by atoms with van der Waals surface area (Å²) in [6.45, 7) is 2.99. The number of nitrogens with zero attached hydrogens (tertiary/aromatic N) is 2. The van der Waals surface area contributed by atoms with E-state index in [4.69, 9.17) is 4.74 Å². The Kier molecular flexibility index (Phi) is 6.97. The van der Waals surface area contributed by atoms with E-state index in [-0.39, 0.29) is 10.8 Å². The second-order valence-corrected chi connectivity index (χ2v) is 9.04. The quantitative estimate of drug-likeness (QED) is 0.529.